The Bertz CT molecular complexity index is 911. The van der Waals surface area contributed by atoms with E-state index in [4.69, 9.17) is 16.3 Å². The van der Waals surface area contributed by atoms with Crippen LogP contribution in [0.25, 0.3) is 0 Å². The molecule has 1 atom stereocenters. The van der Waals surface area contributed by atoms with Crippen molar-refractivity contribution in [3.63, 3.8) is 0 Å². The zero-order valence-corrected chi connectivity index (χ0v) is 20.8. The third kappa shape index (κ3) is 7.08. The molecule has 7 heteroatoms. The number of methoxy groups -OCH3 is 1. The van der Waals surface area contributed by atoms with Gasteiger partial charge in [0.05, 0.1) is 42.9 Å². The fourth-order valence-electron chi connectivity index (χ4n) is 4.47. The molecular weight excluding hydrogens is 438 g/mol. The lowest BCUT2D eigenvalue weighted by Crippen LogP contribution is -2.41. The first-order chi connectivity index (χ1) is 15.8. The molecule has 180 valence electrons. The highest BCUT2D eigenvalue weighted by Crippen LogP contribution is 2.37. The molecule has 1 saturated carbocycles. The summed E-state index contributed by atoms with van der Waals surface area (Å²) >= 11 is 5.98. The molecule has 0 amide bonds. The molecule has 0 spiro atoms. The van der Waals surface area contributed by atoms with Crippen molar-refractivity contribution in [2.45, 2.75) is 70.9 Å². The quantitative estimate of drug-likeness (QED) is 0.348. The Morgan fingerprint density at radius 1 is 1.21 bits per heavy atom. The van der Waals surface area contributed by atoms with Crippen LogP contribution in [0.15, 0.2) is 36.5 Å². The molecular formula is C26H36ClN3O3. The number of halogens is 1. The van der Waals surface area contributed by atoms with Crippen LogP contribution in [0, 0.1) is 5.92 Å². The minimum atomic E-state index is -0.217. The highest BCUT2D eigenvalue weighted by atomic mass is 35.5. The van der Waals surface area contributed by atoms with Crippen LogP contribution >= 0.6 is 11.6 Å². The minimum absolute atomic E-state index is 0.0266. The topological polar surface area (TPSA) is 74.7 Å². The third-order valence-electron chi connectivity index (χ3n) is 6.27. The summed E-state index contributed by atoms with van der Waals surface area (Å²) in [4.78, 5) is 18.5. The van der Waals surface area contributed by atoms with Gasteiger partial charge in [-0.1, -0.05) is 38.4 Å². The van der Waals surface area contributed by atoms with Gasteiger partial charge >= 0.3 is 5.97 Å². The van der Waals surface area contributed by atoms with Gasteiger partial charge in [-0.3, -0.25) is 4.79 Å². The fraction of sp³-hybridized carbons (Fsp3) is 0.538. The lowest BCUT2D eigenvalue weighted by atomic mass is 9.90. The number of nitrogens with one attached hydrogen (secondary N) is 1. The van der Waals surface area contributed by atoms with Crippen LogP contribution in [0.2, 0.25) is 5.15 Å². The first kappa shape index (κ1) is 25.3. The van der Waals surface area contributed by atoms with Gasteiger partial charge in [0.15, 0.2) is 0 Å². The Hall–Kier alpha value is -2.31. The van der Waals surface area contributed by atoms with Crippen molar-refractivity contribution in [3.05, 3.63) is 47.2 Å². The highest BCUT2D eigenvalue weighted by molar-refractivity contribution is 6.29. The average Bonchev–Trinajstić information content (AvgIpc) is 2.79. The van der Waals surface area contributed by atoms with E-state index >= 15 is 0 Å². The number of aromatic nitrogens is 1. The van der Waals surface area contributed by atoms with E-state index < -0.39 is 0 Å². The standard InChI is InChI=1S/C26H36ClN3O3/c1-17(2)16-30(21-7-9-22(31)10-8-21)24-11-5-19(18(3)13-26(32)33-4)14-23(24)29-20-6-12-25(27)28-15-20/h5-6,11-12,14-15,17-18,21-22,29,31H,7-10,13,16H2,1-4H3/t18-,21-,22-/m1/s1. The Balaban J connectivity index is 1.98. The molecule has 0 unspecified atom stereocenters. The lowest BCUT2D eigenvalue weighted by molar-refractivity contribution is -0.140. The summed E-state index contributed by atoms with van der Waals surface area (Å²) in [6.07, 6.45) is 5.46. The van der Waals surface area contributed by atoms with Crippen LogP contribution in [0.4, 0.5) is 17.1 Å². The van der Waals surface area contributed by atoms with Crippen LogP contribution < -0.4 is 10.2 Å². The SMILES string of the molecule is COC(=O)C[C@@H](C)c1ccc(N(CC(C)C)[C@H]2CC[C@H](O)CC2)c(Nc2ccc(Cl)nc2)c1. The van der Waals surface area contributed by atoms with Gasteiger partial charge in [0, 0.05) is 12.6 Å². The van der Waals surface area contributed by atoms with Gasteiger partial charge in [-0.25, -0.2) is 4.98 Å². The van der Waals surface area contributed by atoms with Crippen LogP contribution in [-0.4, -0.2) is 41.9 Å². The molecule has 0 bridgehead atoms. The number of carbonyl (C=O) groups excluding carboxylic acids is 1. The van der Waals surface area contributed by atoms with Crippen LogP contribution in [0.3, 0.4) is 0 Å². The van der Waals surface area contributed by atoms with Crippen LogP contribution in [-0.2, 0) is 9.53 Å². The molecule has 1 fully saturated rings. The number of nitrogens with zero attached hydrogens (tertiary/aromatic N) is 2. The monoisotopic (exact) mass is 473 g/mol. The number of ether oxygens (including phenoxy) is 1. The normalized spacial score (nSPS) is 19.2. The molecule has 1 aromatic carbocycles. The number of esters is 1. The number of rotatable bonds is 9. The Morgan fingerprint density at radius 3 is 2.55 bits per heavy atom. The Kier molecular flexibility index (Phi) is 8.98. The average molecular weight is 474 g/mol. The summed E-state index contributed by atoms with van der Waals surface area (Å²) in [6, 6.07) is 10.4. The Morgan fingerprint density at radius 2 is 1.94 bits per heavy atom. The highest BCUT2D eigenvalue weighted by Gasteiger charge is 2.27. The van der Waals surface area contributed by atoms with Gasteiger partial charge in [0.1, 0.15) is 5.15 Å². The van der Waals surface area contributed by atoms with E-state index in [1.165, 1.54) is 7.11 Å². The summed E-state index contributed by atoms with van der Waals surface area (Å²) in [7, 11) is 1.42. The van der Waals surface area contributed by atoms with Crippen molar-refractivity contribution in [3.8, 4) is 0 Å². The first-order valence-electron chi connectivity index (χ1n) is 11.8. The predicted octanol–water partition coefficient (Wildman–Crippen LogP) is 5.91. The summed E-state index contributed by atoms with van der Waals surface area (Å²) in [5.41, 5.74) is 4.01. The molecule has 0 saturated heterocycles. The molecule has 2 aromatic rings. The number of aliphatic hydroxyl groups excluding tert-OH is 1. The van der Waals surface area contributed by atoms with Crippen molar-refractivity contribution in [2.75, 3.05) is 23.9 Å². The van der Waals surface area contributed by atoms with Gasteiger partial charge in [-0.15, -0.1) is 0 Å². The maximum Gasteiger partial charge on any atom is 0.306 e. The maximum absolute atomic E-state index is 11.8. The van der Waals surface area contributed by atoms with Crippen LogP contribution in [0.5, 0.6) is 0 Å². The van der Waals surface area contributed by atoms with Gasteiger partial charge < -0.3 is 20.1 Å². The molecule has 6 nitrogen and oxygen atoms in total. The molecule has 0 aliphatic heterocycles. The van der Waals surface area contributed by atoms with Gasteiger partial charge in [0.25, 0.3) is 0 Å². The van der Waals surface area contributed by atoms with Gasteiger partial charge in [0.2, 0.25) is 0 Å². The number of benzene rings is 1. The molecule has 33 heavy (non-hydrogen) atoms. The lowest BCUT2D eigenvalue weighted by Gasteiger charge is -2.39. The first-order valence-corrected chi connectivity index (χ1v) is 12.2. The largest absolute Gasteiger partial charge is 0.469 e. The summed E-state index contributed by atoms with van der Waals surface area (Å²) in [5.74, 6) is 0.295. The maximum atomic E-state index is 11.8. The number of hydrogen-bond acceptors (Lipinski definition) is 6. The number of aliphatic hydroxyl groups is 1. The van der Waals surface area contributed by atoms with E-state index in [1.807, 2.05) is 13.0 Å². The number of anilines is 3. The van der Waals surface area contributed by atoms with E-state index in [1.54, 1.807) is 12.3 Å². The minimum Gasteiger partial charge on any atom is -0.469 e. The second kappa shape index (κ2) is 11.7. The zero-order chi connectivity index (χ0) is 24.0. The van der Waals surface area contributed by atoms with Crippen molar-refractivity contribution in [1.29, 1.82) is 0 Å². The van der Waals surface area contributed by atoms with E-state index in [0.717, 1.165) is 54.9 Å². The number of hydrogen-bond donors (Lipinski definition) is 2. The molecule has 3 rings (SSSR count). The van der Waals surface area contributed by atoms with Crippen LogP contribution in [0.1, 0.15) is 64.4 Å². The molecule has 1 aliphatic carbocycles. The second-order valence-electron chi connectivity index (χ2n) is 9.46. The van der Waals surface area contributed by atoms with Crippen molar-refractivity contribution in [2.24, 2.45) is 5.92 Å². The third-order valence-corrected chi connectivity index (χ3v) is 6.50. The van der Waals surface area contributed by atoms with Crippen molar-refractivity contribution >= 4 is 34.6 Å². The van der Waals surface area contributed by atoms with E-state index in [9.17, 15) is 9.90 Å². The van der Waals surface area contributed by atoms with E-state index in [2.05, 4.69) is 47.2 Å². The van der Waals surface area contributed by atoms with E-state index in [0.29, 0.717) is 23.5 Å². The number of carbonyl (C=O) groups is 1. The summed E-state index contributed by atoms with van der Waals surface area (Å²) < 4.78 is 4.87. The van der Waals surface area contributed by atoms with Gasteiger partial charge in [-0.05, 0) is 67.3 Å². The predicted molar refractivity (Wildman–Crippen MR) is 134 cm³/mol. The van der Waals surface area contributed by atoms with E-state index in [-0.39, 0.29) is 18.0 Å². The molecule has 1 aromatic heterocycles. The van der Waals surface area contributed by atoms with Gasteiger partial charge in [-0.2, -0.15) is 0 Å². The summed E-state index contributed by atoms with van der Waals surface area (Å²) in [5, 5.41) is 14.0. The van der Waals surface area contributed by atoms with Crippen molar-refractivity contribution < 1.29 is 14.6 Å². The summed E-state index contributed by atoms with van der Waals surface area (Å²) in [6.45, 7) is 7.42. The Labute approximate surface area is 202 Å². The molecule has 0 radical (unpaired) electrons. The fourth-order valence-corrected chi connectivity index (χ4v) is 4.59. The molecule has 2 N–H and O–H groups in total. The number of pyridine rings is 1. The molecule has 1 aliphatic rings. The van der Waals surface area contributed by atoms with Crippen molar-refractivity contribution in [1.82, 2.24) is 4.98 Å². The zero-order valence-electron chi connectivity index (χ0n) is 20.1. The smallest absolute Gasteiger partial charge is 0.306 e. The second-order valence-corrected chi connectivity index (χ2v) is 9.85. The molecule has 1 heterocycles.